The first kappa shape index (κ1) is 14.8. The molecule has 0 aliphatic carbocycles. The Morgan fingerprint density at radius 3 is 2.38 bits per heavy atom. The number of rotatable bonds is 5. The van der Waals surface area contributed by atoms with Crippen molar-refractivity contribution in [1.82, 2.24) is 4.98 Å². The molecule has 0 saturated carbocycles. The molecule has 5 heteroatoms. The number of methoxy groups -OCH3 is 2. The third-order valence-electron chi connectivity index (χ3n) is 3.39. The van der Waals surface area contributed by atoms with Gasteiger partial charge >= 0.3 is 0 Å². The van der Waals surface area contributed by atoms with Crippen molar-refractivity contribution in [3.05, 3.63) is 35.0 Å². The highest BCUT2D eigenvalue weighted by molar-refractivity contribution is 6.18. The van der Waals surface area contributed by atoms with Crippen LogP contribution in [0, 0.1) is 6.92 Å². The van der Waals surface area contributed by atoms with Crippen molar-refractivity contribution < 1.29 is 19.1 Å². The van der Waals surface area contributed by atoms with Crippen molar-refractivity contribution in [1.29, 1.82) is 0 Å². The molecule has 2 aromatic rings. The van der Waals surface area contributed by atoms with Crippen molar-refractivity contribution in [2.45, 2.75) is 13.8 Å². The number of allylic oxidation sites excluding steroid dienone is 2. The van der Waals surface area contributed by atoms with Crippen LogP contribution in [-0.4, -0.2) is 31.3 Å². The highest BCUT2D eigenvalue weighted by atomic mass is 16.5. The Labute approximate surface area is 122 Å². The number of ketones is 1. The Morgan fingerprint density at radius 2 is 1.81 bits per heavy atom. The van der Waals surface area contributed by atoms with E-state index in [0.29, 0.717) is 28.9 Å². The number of carbonyl (C=O) groups excluding carboxylic acids is 2. The molecule has 5 nitrogen and oxygen atoms in total. The van der Waals surface area contributed by atoms with Gasteiger partial charge in [-0.1, -0.05) is 0 Å². The molecule has 0 amide bonds. The number of aryl methyl sites for hydroxylation is 1. The van der Waals surface area contributed by atoms with Crippen molar-refractivity contribution in [2.75, 3.05) is 14.2 Å². The van der Waals surface area contributed by atoms with Gasteiger partial charge in [-0.3, -0.25) is 9.59 Å². The van der Waals surface area contributed by atoms with E-state index in [4.69, 9.17) is 9.47 Å². The average molecular weight is 287 g/mol. The van der Waals surface area contributed by atoms with Crippen LogP contribution < -0.4 is 9.47 Å². The van der Waals surface area contributed by atoms with Gasteiger partial charge in [-0.05, 0) is 26.0 Å². The Bertz CT molecular complexity index is 740. The van der Waals surface area contributed by atoms with E-state index in [1.165, 1.54) is 6.08 Å². The summed E-state index contributed by atoms with van der Waals surface area (Å²) in [4.78, 5) is 26.2. The van der Waals surface area contributed by atoms with Crippen LogP contribution >= 0.6 is 0 Å². The molecule has 0 spiro atoms. The van der Waals surface area contributed by atoms with Gasteiger partial charge in [0.2, 0.25) is 0 Å². The van der Waals surface area contributed by atoms with Crippen LogP contribution in [0.3, 0.4) is 0 Å². The molecule has 0 saturated heterocycles. The molecule has 0 aliphatic heterocycles. The van der Waals surface area contributed by atoms with Crippen LogP contribution in [0.5, 0.6) is 11.5 Å². The third-order valence-corrected chi connectivity index (χ3v) is 3.39. The molecule has 1 heterocycles. The van der Waals surface area contributed by atoms with E-state index >= 15 is 0 Å². The Hall–Kier alpha value is -2.56. The normalized spacial score (nSPS) is 11.5. The maximum absolute atomic E-state index is 12.5. The van der Waals surface area contributed by atoms with Gasteiger partial charge in [-0.15, -0.1) is 0 Å². The van der Waals surface area contributed by atoms with Gasteiger partial charge < -0.3 is 14.5 Å². The zero-order valence-corrected chi connectivity index (χ0v) is 12.4. The number of benzene rings is 1. The van der Waals surface area contributed by atoms with Crippen LogP contribution in [0.2, 0.25) is 0 Å². The fourth-order valence-corrected chi connectivity index (χ4v) is 2.32. The first-order valence-corrected chi connectivity index (χ1v) is 6.44. The Morgan fingerprint density at radius 1 is 1.19 bits per heavy atom. The van der Waals surface area contributed by atoms with Gasteiger partial charge in [0.05, 0.1) is 25.3 Å². The predicted octanol–water partition coefficient (Wildman–Crippen LogP) is 2.82. The molecule has 21 heavy (non-hydrogen) atoms. The van der Waals surface area contributed by atoms with Gasteiger partial charge in [0.25, 0.3) is 0 Å². The summed E-state index contributed by atoms with van der Waals surface area (Å²) in [5, 5.41) is 0.744. The number of nitrogens with one attached hydrogen (secondary N) is 1. The van der Waals surface area contributed by atoms with E-state index in [9.17, 15) is 9.59 Å². The first-order chi connectivity index (χ1) is 10.0. The lowest BCUT2D eigenvalue weighted by molar-refractivity contribution is -0.104. The maximum Gasteiger partial charge on any atom is 0.191 e. The predicted molar refractivity (Wildman–Crippen MR) is 80.3 cm³/mol. The number of aldehydes is 1. The average Bonchev–Trinajstić information content (AvgIpc) is 2.79. The zero-order chi connectivity index (χ0) is 15.6. The minimum absolute atomic E-state index is 0.182. The van der Waals surface area contributed by atoms with Crippen LogP contribution in [0.15, 0.2) is 23.8 Å². The molecule has 110 valence electrons. The van der Waals surface area contributed by atoms with E-state index in [1.807, 2.05) is 6.92 Å². The molecule has 0 bridgehead atoms. The summed E-state index contributed by atoms with van der Waals surface area (Å²) < 4.78 is 10.5. The van der Waals surface area contributed by atoms with Crippen LogP contribution in [0.25, 0.3) is 10.9 Å². The van der Waals surface area contributed by atoms with Crippen molar-refractivity contribution in [2.24, 2.45) is 0 Å². The molecule has 0 fully saturated rings. The topological polar surface area (TPSA) is 68.4 Å². The Kier molecular flexibility index (Phi) is 4.12. The van der Waals surface area contributed by atoms with Crippen LogP contribution in [-0.2, 0) is 4.79 Å². The quantitative estimate of drug-likeness (QED) is 0.521. The first-order valence-electron chi connectivity index (χ1n) is 6.44. The number of Topliss-reactive ketones (excluding diaryl/α,β-unsaturated/α-hetero) is 1. The summed E-state index contributed by atoms with van der Waals surface area (Å²) in [5.74, 6) is 0.957. The largest absolute Gasteiger partial charge is 0.493 e. The van der Waals surface area contributed by atoms with Crippen molar-refractivity contribution in [3.63, 3.8) is 0 Å². The molecule has 1 N–H and O–H groups in total. The summed E-state index contributed by atoms with van der Waals surface area (Å²) >= 11 is 0. The van der Waals surface area contributed by atoms with Gasteiger partial charge in [0.15, 0.2) is 17.3 Å². The molecule has 0 unspecified atom stereocenters. The van der Waals surface area contributed by atoms with E-state index < -0.39 is 0 Å². The minimum Gasteiger partial charge on any atom is -0.493 e. The lowest BCUT2D eigenvalue weighted by Crippen LogP contribution is -2.02. The highest BCUT2D eigenvalue weighted by Gasteiger charge is 2.19. The number of fused-ring (bicyclic) bond motifs is 1. The molecule has 0 aliphatic rings. The summed E-state index contributed by atoms with van der Waals surface area (Å²) in [6.45, 7) is 3.44. The molecule has 1 aromatic heterocycles. The molecule has 0 radical (unpaired) electrons. The number of hydrogen-bond acceptors (Lipinski definition) is 4. The number of ether oxygens (including phenoxy) is 2. The summed E-state index contributed by atoms with van der Waals surface area (Å²) in [6, 6.07) is 3.55. The van der Waals surface area contributed by atoms with Crippen LogP contribution in [0.1, 0.15) is 23.0 Å². The molecule has 0 atom stereocenters. The van der Waals surface area contributed by atoms with Gasteiger partial charge in [0, 0.05) is 22.7 Å². The monoisotopic (exact) mass is 287 g/mol. The van der Waals surface area contributed by atoms with Gasteiger partial charge in [-0.2, -0.15) is 0 Å². The highest BCUT2D eigenvalue weighted by Crippen LogP contribution is 2.35. The number of H-pyrrole nitrogens is 1. The molecular formula is C16H17NO4. The van der Waals surface area contributed by atoms with E-state index in [0.717, 1.165) is 16.6 Å². The number of hydrogen-bond donors (Lipinski definition) is 1. The number of carbonyl (C=O) groups is 2. The van der Waals surface area contributed by atoms with Gasteiger partial charge in [-0.25, -0.2) is 0 Å². The van der Waals surface area contributed by atoms with E-state index in [1.54, 1.807) is 33.3 Å². The fourth-order valence-electron chi connectivity index (χ4n) is 2.32. The van der Waals surface area contributed by atoms with Crippen LogP contribution in [0.4, 0.5) is 0 Å². The van der Waals surface area contributed by atoms with Crippen molar-refractivity contribution in [3.8, 4) is 11.5 Å². The maximum atomic E-state index is 12.5. The van der Waals surface area contributed by atoms with E-state index in [2.05, 4.69) is 4.98 Å². The second kappa shape index (κ2) is 5.83. The molecule has 1 aromatic carbocycles. The Balaban J connectivity index is 2.70. The molecule has 2 rings (SSSR count). The lowest BCUT2D eigenvalue weighted by Gasteiger charge is -2.08. The lowest BCUT2D eigenvalue weighted by atomic mass is 10.0. The number of aromatic nitrogens is 1. The second-order valence-electron chi connectivity index (χ2n) is 4.69. The van der Waals surface area contributed by atoms with Crippen molar-refractivity contribution >= 4 is 23.0 Å². The smallest absolute Gasteiger partial charge is 0.191 e. The number of aromatic amines is 1. The minimum atomic E-state index is -0.182. The van der Waals surface area contributed by atoms with E-state index in [-0.39, 0.29) is 5.78 Å². The third kappa shape index (κ3) is 2.54. The van der Waals surface area contributed by atoms with Gasteiger partial charge in [0.1, 0.15) is 6.29 Å². The summed E-state index contributed by atoms with van der Waals surface area (Å²) in [5.41, 5.74) is 2.46. The standard InChI is InChI=1S/C16H17NO4/c1-9(5-6-18)16(19)15-10(2)17-12-8-14(21-4)13(20-3)7-11(12)15/h5-8,17H,1-4H3/b9-5-. The summed E-state index contributed by atoms with van der Waals surface area (Å²) in [6.07, 6.45) is 1.88. The molecular weight excluding hydrogens is 270 g/mol. The zero-order valence-electron chi connectivity index (χ0n) is 12.4. The summed E-state index contributed by atoms with van der Waals surface area (Å²) in [7, 11) is 3.10. The second-order valence-corrected chi connectivity index (χ2v) is 4.69. The fraction of sp³-hybridized carbons (Fsp3) is 0.250. The SMILES string of the molecule is COc1cc2[nH]c(C)c(C(=O)/C(C)=C\C=O)c2cc1OC.